The summed E-state index contributed by atoms with van der Waals surface area (Å²) in [5, 5.41) is 6.43. The van der Waals surface area contributed by atoms with E-state index in [1.807, 2.05) is 6.92 Å². The fourth-order valence-electron chi connectivity index (χ4n) is 1.40. The summed E-state index contributed by atoms with van der Waals surface area (Å²) >= 11 is 0. The molecule has 5 heteroatoms. The summed E-state index contributed by atoms with van der Waals surface area (Å²) in [5.74, 6) is -0.100. The van der Waals surface area contributed by atoms with Gasteiger partial charge in [0.2, 0.25) is 0 Å². The van der Waals surface area contributed by atoms with E-state index in [0.29, 0.717) is 17.3 Å². The Kier molecular flexibility index (Phi) is 2.79. The smallest absolute Gasteiger partial charge is 0.251 e. The largest absolute Gasteiger partial charge is 0.349 e. The number of rotatable bonds is 3. The van der Waals surface area contributed by atoms with Crippen LogP contribution in [0.2, 0.25) is 0 Å². The van der Waals surface area contributed by atoms with Crippen LogP contribution in [0.4, 0.5) is 5.69 Å². The maximum absolute atomic E-state index is 11.7. The number of carbonyl (C=O) groups is 1. The molecule has 2 rings (SSSR count). The molecule has 0 aliphatic heterocycles. The maximum Gasteiger partial charge on any atom is 0.251 e. The van der Waals surface area contributed by atoms with Crippen molar-refractivity contribution in [2.45, 2.75) is 25.8 Å². The van der Waals surface area contributed by atoms with Gasteiger partial charge in [-0.05, 0) is 43.0 Å². The molecule has 1 saturated carbocycles. The van der Waals surface area contributed by atoms with Crippen molar-refractivity contribution in [1.82, 2.24) is 5.32 Å². The molecule has 0 aromatic heterocycles. The fourth-order valence-corrected chi connectivity index (χ4v) is 1.40. The number of carbonyl (C=O) groups excluding carboxylic acids is 1. The Morgan fingerprint density at radius 1 is 1.56 bits per heavy atom. The van der Waals surface area contributed by atoms with E-state index in [1.54, 1.807) is 18.2 Å². The van der Waals surface area contributed by atoms with Crippen LogP contribution < -0.4 is 5.32 Å². The molecule has 0 atom stereocenters. The van der Waals surface area contributed by atoms with Gasteiger partial charge in [-0.2, -0.15) is 0 Å². The van der Waals surface area contributed by atoms with Gasteiger partial charge >= 0.3 is 0 Å². The van der Waals surface area contributed by atoms with Crippen LogP contribution in [0.3, 0.4) is 0 Å². The standard InChI is InChI=1S/C11H12N4O/c1-7-2-3-8(6-10(7)14-15-12)11(16)13-9-4-5-9/h2-3,6,9H,4-5H2,1H3,(H,13,16). The molecule has 1 aliphatic carbocycles. The molecule has 1 fully saturated rings. The van der Waals surface area contributed by atoms with Crippen molar-refractivity contribution in [3.8, 4) is 0 Å². The summed E-state index contributed by atoms with van der Waals surface area (Å²) in [4.78, 5) is 14.5. The van der Waals surface area contributed by atoms with Crippen LogP contribution in [0.1, 0.15) is 28.8 Å². The van der Waals surface area contributed by atoms with Gasteiger partial charge in [0.25, 0.3) is 5.91 Å². The van der Waals surface area contributed by atoms with Crippen molar-refractivity contribution in [2.24, 2.45) is 5.11 Å². The highest BCUT2D eigenvalue weighted by molar-refractivity contribution is 5.95. The highest BCUT2D eigenvalue weighted by Gasteiger charge is 2.23. The Hall–Kier alpha value is -2.00. The van der Waals surface area contributed by atoms with E-state index in [0.717, 1.165) is 18.4 Å². The van der Waals surface area contributed by atoms with E-state index >= 15 is 0 Å². The van der Waals surface area contributed by atoms with Gasteiger partial charge in [0, 0.05) is 22.2 Å². The highest BCUT2D eigenvalue weighted by Crippen LogP contribution is 2.22. The maximum atomic E-state index is 11.7. The summed E-state index contributed by atoms with van der Waals surface area (Å²) in [6.45, 7) is 1.84. The van der Waals surface area contributed by atoms with Gasteiger partial charge in [0.05, 0.1) is 0 Å². The predicted octanol–water partition coefficient (Wildman–Crippen LogP) is 2.83. The minimum Gasteiger partial charge on any atom is -0.349 e. The molecule has 1 aliphatic rings. The zero-order chi connectivity index (χ0) is 11.5. The number of benzene rings is 1. The lowest BCUT2D eigenvalue weighted by atomic mass is 10.1. The predicted molar refractivity (Wildman–Crippen MR) is 60.5 cm³/mol. The molecule has 5 nitrogen and oxygen atoms in total. The Bertz CT molecular complexity index is 473. The second kappa shape index (κ2) is 4.24. The number of hydrogen-bond donors (Lipinski definition) is 1. The third-order valence-corrected chi connectivity index (χ3v) is 2.54. The monoisotopic (exact) mass is 216 g/mol. The number of aryl methyl sites for hydroxylation is 1. The minimum atomic E-state index is -0.100. The first-order chi connectivity index (χ1) is 7.70. The number of nitrogens with zero attached hydrogens (tertiary/aromatic N) is 3. The lowest BCUT2D eigenvalue weighted by Gasteiger charge is -2.05. The lowest BCUT2D eigenvalue weighted by molar-refractivity contribution is 0.0951. The Morgan fingerprint density at radius 3 is 2.94 bits per heavy atom. The highest BCUT2D eigenvalue weighted by atomic mass is 16.1. The van der Waals surface area contributed by atoms with Crippen molar-refractivity contribution in [3.63, 3.8) is 0 Å². The summed E-state index contributed by atoms with van der Waals surface area (Å²) in [5.41, 5.74) is 10.3. The van der Waals surface area contributed by atoms with E-state index in [1.165, 1.54) is 0 Å². The summed E-state index contributed by atoms with van der Waals surface area (Å²) < 4.78 is 0. The molecule has 1 aromatic rings. The summed E-state index contributed by atoms with van der Waals surface area (Å²) in [6.07, 6.45) is 2.11. The number of hydrogen-bond acceptors (Lipinski definition) is 2. The molecule has 0 bridgehead atoms. The van der Waals surface area contributed by atoms with Crippen molar-refractivity contribution >= 4 is 11.6 Å². The second-order valence-electron chi connectivity index (χ2n) is 3.94. The number of azide groups is 1. The fraction of sp³-hybridized carbons (Fsp3) is 0.364. The average molecular weight is 216 g/mol. The molecular weight excluding hydrogens is 204 g/mol. The van der Waals surface area contributed by atoms with Gasteiger partial charge in [-0.25, -0.2) is 0 Å². The summed E-state index contributed by atoms with van der Waals surface area (Å²) in [6, 6.07) is 5.47. The lowest BCUT2D eigenvalue weighted by Crippen LogP contribution is -2.25. The van der Waals surface area contributed by atoms with Gasteiger partial charge in [-0.15, -0.1) is 0 Å². The molecule has 16 heavy (non-hydrogen) atoms. The molecule has 0 spiro atoms. The zero-order valence-electron chi connectivity index (χ0n) is 8.97. The van der Waals surface area contributed by atoms with Gasteiger partial charge in [-0.3, -0.25) is 4.79 Å². The van der Waals surface area contributed by atoms with Crippen LogP contribution in [0.15, 0.2) is 23.3 Å². The second-order valence-corrected chi connectivity index (χ2v) is 3.94. The van der Waals surface area contributed by atoms with Crippen LogP contribution in [-0.4, -0.2) is 11.9 Å². The molecule has 1 aromatic carbocycles. The van der Waals surface area contributed by atoms with Gasteiger partial charge in [0.15, 0.2) is 0 Å². The van der Waals surface area contributed by atoms with Crippen LogP contribution >= 0.6 is 0 Å². The van der Waals surface area contributed by atoms with Crippen molar-refractivity contribution < 1.29 is 4.79 Å². The molecular formula is C11H12N4O. The van der Waals surface area contributed by atoms with Crippen LogP contribution in [0, 0.1) is 6.92 Å². The average Bonchev–Trinajstić information content (AvgIpc) is 3.05. The van der Waals surface area contributed by atoms with Gasteiger partial charge in [-0.1, -0.05) is 11.2 Å². The Morgan fingerprint density at radius 2 is 2.31 bits per heavy atom. The molecule has 1 N–H and O–H groups in total. The molecule has 0 heterocycles. The van der Waals surface area contributed by atoms with E-state index in [-0.39, 0.29) is 5.91 Å². The summed E-state index contributed by atoms with van der Waals surface area (Å²) in [7, 11) is 0. The van der Waals surface area contributed by atoms with Gasteiger partial charge < -0.3 is 5.32 Å². The van der Waals surface area contributed by atoms with Crippen LogP contribution in [-0.2, 0) is 0 Å². The first kappa shape index (κ1) is 10.5. The van der Waals surface area contributed by atoms with Crippen LogP contribution in [0.25, 0.3) is 10.4 Å². The van der Waals surface area contributed by atoms with E-state index in [4.69, 9.17) is 5.53 Å². The van der Waals surface area contributed by atoms with E-state index in [2.05, 4.69) is 15.3 Å². The molecule has 1 amide bonds. The molecule has 82 valence electrons. The van der Waals surface area contributed by atoms with Crippen molar-refractivity contribution in [1.29, 1.82) is 0 Å². The zero-order valence-corrected chi connectivity index (χ0v) is 8.97. The van der Waals surface area contributed by atoms with Crippen molar-refractivity contribution in [2.75, 3.05) is 0 Å². The molecule has 0 unspecified atom stereocenters. The third-order valence-electron chi connectivity index (χ3n) is 2.54. The van der Waals surface area contributed by atoms with Crippen LogP contribution in [0.5, 0.6) is 0 Å². The minimum absolute atomic E-state index is 0.100. The Labute approximate surface area is 93.1 Å². The quantitative estimate of drug-likeness (QED) is 0.470. The van der Waals surface area contributed by atoms with Crippen molar-refractivity contribution in [3.05, 3.63) is 39.8 Å². The number of amides is 1. The SMILES string of the molecule is Cc1ccc(C(=O)NC2CC2)cc1N=[N+]=[N-]. The molecule has 0 saturated heterocycles. The third kappa shape index (κ3) is 2.32. The first-order valence-electron chi connectivity index (χ1n) is 5.17. The number of nitrogens with one attached hydrogen (secondary N) is 1. The van der Waals surface area contributed by atoms with Gasteiger partial charge in [0.1, 0.15) is 0 Å². The first-order valence-corrected chi connectivity index (χ1v) is 5.17. The van der Waals surface area contributed by atoms with E-state index in [9.17, 15) is 4.79 Å². The van der Waals surface area contributed by atoms with E-state index < -0.39 is 0 Å². The topological polar surface area (TPSA) is 77.9 Å². The molecule has 0 radical (unpaired) electrons. The normalized spacial score (nSPS) is 14.1. The Balaban J connectivity index is 2.23.